The van der Waals surface area contributed by atoms with Crippen molar-refractivity contribution in [3.05, 3.63) is 29.8 Å². The number of rotatable bonds is 4. The van der Waals surface area contributed by atoms with E-state index in [9.17, 15) is 4.79 Å². The number of amides is 1. The molecule has 4 nitrogen and oxygen atoms in total. The van der Waals surface area contributed by atoms with E-state index in [0.29, 0.717) is 4.58 Å². The summed E-state index contributed by atoms with van der Waals surface area (Å²) in [7, 11) is 0. The van der Waals surface area contributed by atoms with Gasteiger partial charge in [-0.05, 0) is 73.4 Å². The van der Waals surface area contributed by atoms with E-state index >= 15 is 0 Å². The van der Waals surface area contributed by atoms with Crippen LogP contribution in [-0.2, 0) is 4.79 Å². The third-order valence-electron chi connectivity index (χ3n) is 5.71. The van der Waals surface area contributed by atoms with E-state index in [1.54, 1.807) is 0 Å². The van der Waals surface area contributed by atoms with Crippen molar-refractivity contribution in [1.29, 1.82) is 0 Å². The van der Waals surface area contributed by atoms with Gasteiger partial charge >= 0.3 is 0 Å². The number of hydrogen-bond donors (Lipinski definition) is 1. The topological polar surface area (TPSA) is 41.6 Å². The maximum absolute atomic E-state index is 12.5. The molecule has 3 aliphatic rings. The summed E-state index contributed by atoms with van der Waals surface area (Å²) in [6.45, 7) is 4.14. The fraction of sp³-hybridized carbons (Fsp3) is 0.650. The van der Waals surface area contributed by atoms with E-state index in [-0.39, 0.29) is 24.9 Å². The first kappa shape index (κ1) is 21.2. The Morgan fingerprint density at radius 2 is 1.70 bits per heavy atom. The van der Waals surface area contributed by atoms with E-state index < -0.39 is 0 Å². The SMILES string of the molecule is Cl.O=C(COc1ccc(C2SCCCS2)cc1)N1CC[C@@H]2CNC[C@@H]2CC1. The molecule has 0 unspecified atom stereocenters. The van der Waals surface area contributed by atoms with Gasteiger partial charge in [0.15, 0.2) is 6.61 Å². The minimum absolute atomic E-state index is 0. The Morgan fingerprint density at radius 3 is 2.33 bits per heavy atom. The third kappa shape index (κ3) is 5.49. The maximum atomic E-state index is 12.5. The Kier molecular flexibility index (Phi) is 8.06. The van der Waals surface area contributed by atoms with Crippen molar-refractivity contribution >= 4 is 41.8 Å². The Balaban J connectivity index is 0.00000210. The molecule has 0 saturated carbocycles. The van der Waals surface area contributed by atoms with Crippen LogP contribution in [0.2, 0.25) is 0 Å². The van der Waals surface area contributed by atoms with Crippen LogP contribution in [0.15, 0.2) is 24.3 Å². The summed E-state index contributed by atoms with van der Waals surface area (Å²) in [6, 6.07) is 8.32. The summed E-state index contributed by atoms with van der Waals surface area (Å²) in [4.78, 5) is 14.5. The Hall–Kier alpha value is -0.560. The van der Waals surface area contributed by atoms with Crippen LogP contribution in [-0.4, -0.2) is 55.1 Å². The summed E-state index contributed by atoms with van der Waals surface area (Å²) < 4.78 is 6.33. The number of benzene rings is 1. The highest BCUT2D eigenvalue weighted by molar-refractivity contribution is 8.16. The van der Waals surface area contributed by atoms with Crippen molar-refractivity contribution in [3.63, 3.8) is 0 Å². The van der Waals surface area contributed by atoms with Gasteiger partial charge in [-0.1, -0.05) is 12.1 Å². The van der Waals surface area contributed by atoms with Gasteiger partial charge in [0.2, 0.25) is 0 Å². The van der Waals surface area contributed by atoms with E-state index in [0.717, 1.165) is 56.6 Å². The van der Waals surface area contributed by atoms with Gasteiger partial charge in [0, 0.05) is 13.1 Å². The summed E-state index contributed by atoms with van der Waals surface area (Å²) >= 11 is 4.05. The van der Waals surface area contributed by atoms with Crippen molar-refractivity contribution in [2.24, 2.45) is 11.8 Å². The molecule has 0 aromatic heterocycles. The van der Waals surface area contributed by atoms with Gasteiger partial charge in [-0.15, -0.1) is 35.9 Å². The van der Waals surface area contributed by atoms with Gasteiger partial charge in [-0.3, -0.25) is 4.79 Å². The van der Waals surface area contributed by atoms with Gasteiger partial charge < -0.3 is 15.0 Å². The minimum atomic E-state index is 0. The van der Waals surface area contributed by atoms with Crippen LogP contribution in [0.25, 0.3) is 0 Å². The Labute approximate surface area is 177 Å². The second-order valence-electron chi connectivity index (χ2n) is 7.42. The van der Waals surface area contributed by atoms with Crippen LogP contribution in [0.1, 0.15) is 29.4 Å². The molecule has 3 heterocycles. The molecule has 7 heteroatoms. The monoisotopic (exact) mass is 428 g/mol. The minimum Gasteiger partial charge on any atom is -0.484 e. The van der Waals surface area contributed by atoms with Gasteiger partial charge in [-0.2, -0.15) is 0 Å². The molecule has 0 bridgehead atoms. The quantitative estimate of drug-likeness (QED) is 0.789. The van der Waals surface area contributed by atoms with Gasteiger partial charge in [0.05, 0.1) is 4.58 Å². The van der Waals surface area contributed by atoms with E-state index in [4.69, 9.17) is 4.74 Å². The second-order valence-corrected chi connectivity index (χ2v) is 10.1. The number of nitrogens with zero attached hydrogens (tertiary/aromatic N) is 1. The Morgan fingerprint density at radius 1 is 1.07 bits per heavy atom. The lowest BCUT2D eigenvalue weighted by Gasteiger charge is -2.22. The summed E-state index contributed by atoms with van der Waals surface area (Å²) in [5.41, 5.74) is 1.35. The van der Waals surface area contributed by atoms with Gasteiger partial charge in [0.1, 0.15) is 5.75 Å². The van der Waals surface area contributed by atoms with Gasteiger partial charge in [-0.25, -0.2) is 0 Å². The summed E-state index contributed by atoms with van der Waals surface area (Å²) in [5, 5.41) is 3.48. The zero-order valence-electron chi connectivity index (χ0n) is 15.6. The molecule has 27 heavy (non-hydrogen) atoms. The normalized spacial score (nSPS) is 26.0. The van der Waals surface area contributed by atoms with Crippen molar-refractivity contribution in [2.75, 3.05) is 44.3 Å². The molecule has 3 aliphatic heterocycles. The first-order chi connectivity index (χ1) is 12.8. The molecule has 150 valence electrons. The summed E-state index contributed by atoms with van der Waals surface area (Å²) in [6.07, 6.45) is 3.55. The zero-order valence-corrected chi connectivity index (χ0v) is 18.1. The van der Waals surface area contributed by atoms with Crippen LogP contribution in [0.3, 0.4) is 0 Å². The number of carbonyl (C=O) groups excluding carboxylic acids is 1. The number of likely N-dealkylation sites (tertiary alicyclic amines) is 1. The van der Waals surface area contributed by atoms with E-state index in [1.807, 2.05) is 40.6 Å². The molecular formula is C20H29ClN2O2S2. The molecule has 0 aliphatic carbocycles. The maximum Gasteiger partial charge on any atom is 0.260 e. The highest BCUT2D eigenvalue weighted by Gasteiger charge is 2.31. The lowest BCUT2D eigenvalue weighted by molar-refractivity contribution is -0.133. The van der Waals surface area contributed by atoms with Crippen LogP contribution in [0.5, 0.6) is 5.75 Å². The predicted octanol–water partition coefficient (Wildman–Crippen LogP) is 3.81. The number of carbonyl (C=O) groups is 1. The molecule has 1 N–H and O–H groups in total. The van der Waals surface area contributed by atoms with Crippen molar-refractivity contribution in [1.82, 2.24) is 10.2 Å². The fourth-order valence-corrected chi connectivity index (χ4v) is 7.00. The molecule has 1 aromatic rings. The number of thioether (sulfide) groups is 2. The van der Waals surface area contributed by atoms with Crippen molar-refractivity contribution in [3.8, 4) is 5.75 Å². The average Bonchev–Trinajstić information content (AvgIpc) is 3.05. The highest BCUT2D eigenvalue weighted by Crippen LogP contribution is 2.43. The van der Waals surface area contributed by atoms with E-state index in [2.05, 4.69) is 17.4 Å². The smallest absolute Gasteiger partial charge is 0.260 e. The zero-order chi connectivity index (χ0) is 17.8. The number of ether oxygens (including phenoxy) is 1. The lowest BCUT2D eigenvalue weighted by atomic mass is 9.92. The number of fused-ring (bicyclic) bond motifs is 1. The third-order valence-corrected chi connectivity index (χ3v) is 8.73. The van der Waals surface area contributed by atoms with Crippen molar-refractivity contribution < 1.29 is 9.53 Å². The van der Waals surface area contributed by atoms with Gasteiger partial charge in [0.25, 0.3) is 5.91 Å². The molecule has 1 amide bonds. The molecular weight excluding hydrogens is 400 g/mol. The number of nitrogens with one attached hydrogen (secondary N) is 1. The van der Waals surface area contributed by atoms with Crippen LogP contribution in [0, 0.1) is 11.8 Å². The number of hydrogen-bond acceptors (Lipinski definition) is 5. The fourth-order valence-electron chi connectivity index (χ4n) is 4.11. The largest absolute Gasteiger partial charge is 0.484 e. The second kappa shape index (κ2) is 10.3. The first-order valence-corrected chi connectivity index (χ1v) is 11.8. The predicted molar refractivity (Wildman–Crippen MR) is 117 cm³/mol. The molecule has 0 spiro atoms. The number of halogens is 1. The average molecular weight is 429 g/mol. The lowest BCUT2D eigenvalue weighted by Crippen LogP contribution is -2.36. The standard InChI is InChI=1S/C20H28N2O2S2.ClH/c23-19(22-8-6-16-12-21-13-17(16)7-9-22)14-24-18-4-2-15(3-5-18)20-25-10-1-11-26-20;/h2-5,16-17,20-21H,1,6-14H2;1H/t16-,17+;. The van der Waals surface area contributed by atoms with Crippen LogP contribution in [0.4, 0.5) is 0 Å². The highest BCUT2D eigenvalue weighted by atomic mass is 35.5. The molecule has 4 rings (SSSR count). The Bertz CT molecular complexity index is 597. The first-order valence-electron chi connectivity index (χ1n) is 9.74. The molecule has 3 saturated heterocycles. The molecule has 3 fully saturated rings. The molecule has 2 atom stereocenters. The van der Waals surface area contributed by atoms with E-state index in [1.165, 1.54) is 23.5 Å². The molecule has 0 radical (unpaired) electrons. The van der Waals surface area contributed by atoms with Crippen molar-refractivity contribution in [2.45, 2.75) is 23.8 Å². The summed E-state index contributed by atoms with van der Waals surface area (Å²) in [5.74, 6) is 4.91. The van der Waals surface area contributed by atoms with Crippen LogP contribution < -0.4 is 10.1 Å². The molecule has 1 aromatic carbocycles. The van der Waals surface area contributed by atoms with Crippen LogP contribution >= 0.6 is 35.9 Å².